The Morgan fingerprint density at radius 3 is 2.88 bits per heavy atom. The fraction of sp³-hybridized carbons (Fsp3) is 0.615. The minimum absolute atomic E-state index is 0.162. The highest BCUT2D eigenvalue weighted by molar-refractivity contribution is 7.09. The summed E-state index contributed by atoms with van der Waals surface area (Å²) in [5.74, 6) is 0.162. The molecule has 0 saturated heterocycles. The molecule has 0 radical (unpaired) electrons. The van der Waals surface area contributed by atoms with Crippen molar-refractivity contribution >= 4 is 17.2 Å². The number of unbranched alkanes of at least 4 members (excludes halogenated alkanes) is 2. The van der Waals surface area contributed by atoms with Gasteiger partial charge in [0, 0.05) is 17.8 Å². The van der Waals surface area contributed by atoms with Crippen LogP contribution in [-0.2, 0) is 11.2 Å². The average Bonchev–Trinajstić information content (AvgIpc) is 2.82. The smallest absolute Gasteiger partial charge is 0.219 e. The highest BCUT2D eigenvalue weighted by Crippen LogP contribution is 2.13. The average molecular weight is 254 g/mol. The number of hydrogen-bond acceptors (Lipinski definition) is 3. The van der Waals surface area contributed by atoms with Crippen molar-refractivity contribution in [3.05, 3.63) is 22.4 Å². The Hall–Kier alpha value is -0.870. The molecule has 0 aliphatic heterocycles. The van der Waals surface area contributed by atoms with E-state index in [2.05, 4.69) is 22.8 Å². The molecule has 1 heterocycles. The van der Waals surface area contributed by atoms with Crippen molar-refractivity contribution in [2.75, 3.05) is 13.1 Å². The first-order valence-electron chi connectivity index (χ1n) is 6.32. The summed E-state index contributed by atoms with van der Waals surface area (Å²) in [7, 11) is 0. The summed E-state index contributed by atoms with van der Waals surface area (Å²) in [5, 5.41) is 4.98. The van der Waals surface area contributed by atoms with E-state index >= 15 is 0 Å². The molecular weight excluding hydrogens is 232 g/mol. The Bertz CT molecular complexity index is 298. The Balaban J connectivity index is 1.91. The van der Waals surface area contributed by atoms with Crippen molar-refractivity contribution in [3.63, 3.8) is 0 Å². The first kappa shape index (κ1) is 14.2. The predicted octanol–water partition coefficient (Wildman–Crippen LogP) is 2.32. The van der Waals surface area contributed by atoms with Crippen LogP contribution in [0.4, 0.5) is 0 Å². The maximum atomic E-state index is 11.4. The number of nitrogens with one attached hydrogen (secondary N) is 1. The lowest BCUT2D eigenvalue weighted by molar-refractivity contribution is -0.121. The third-order valence-electron chi connectivity index (χ3n) is 2.61. The minimum atomic E-state index is 0.162. The van der Waals surface area contributed by atoms with Gasteiger partial charge in [-0.25, -0.2) is 0 Å². The van der Waals surface area contributed by atoms with Crippen LogP contribution in [-0.4, -0.2) is 19.0 Å². The van der Waals surface area contributed by atoms with Gasteiger partial charge in [-0.3, -0.25) is 4.79 Å². The van der Waals surface area contributed by atoms with E-state index in [1.165, 1.54) is 11.3 Å². The summed E-state index contributed by atoms with van der Waals surface area (Å²) >= 11 is 1.81. The van der Waals surface area contributed by atoms with Crippen LogP contribution in [0.2, 0.25) is 0 Å². The van der Waals surface area contributed by atoms with Crippen LogP contribution in [0.5, 0.6) is 0 Å². The topological polar surface area (TPSA) is 55.1 Å². The molecule has 4 heteroatoms. The first-order valence-corrected chi connectivity index (χ1v) is 7.20. The highest BCUT2D eigenvalue weighted by atomic mass is 32.1. The quantitative estimate of drug-likeness (QED) is 0.664. The molecule has 0 unspecified atom stereocenters. The third-order valence-corrected chi connectivity index (χ3v) is 3.55. The standard InChI is InChI=1S/C13H22N2OS/c14-9-5-10-15-13(16)8-3-1-2-6-12-7-4-11-17-12/h4,7,11H,1-3,5-6,8-10,14H2,(H,15,16). The van der Waals surface area contributed by atoms with Crippen molar-refractivity contribution in [1.29, 1.82) is 0 Å². The summed E-state index contributed by atoms with van der Waals surface area (Å²) in [6.07, 6.45) is 5.95. The number of aryl methyl sites for hydroxylation is 1. The fourth-order valence-electron chi connectivity index (χ4n) is 1.63. The molecule has 0 aliphatic carbocycles. The molecular formula is C13H22N2OS. The fourth-order valence-corrected chi connectivity index (χ4v) is 2.39. The number of thiophene rings is 1. The van der Waals surface area contributed by atoms with E-state index in [1.54, 1.807) is 0 Å². The van der Waals surface area contributed by atoms with Gasteiger partial charge in [0.05, 0.1) is 0 Å². The zero-order valence-corrected chi connectivity index (χ0v) is 11.1. The Kier molecular flexibility index (Phi) is 7.67. The van der Waals surface area contributed by atoms with E-state index in [0.29, 0.717) is 19.5 Å². The molecule has 1 aromatic rings. The van der Waals surface area contributed by atoms with Gasteiger partial charge in [0.25, 0.3) is 0 Å². The van der Waals surface area contributed by atoms with Gasteiger partial charge in [0.15, 0.2) is 0 Å². The zero-order valence-electron chi connectivity index (χ0n) is 10.3. The first-order chi connectivity index (χ1) is 8.33. The van der Waals surface area contributed by atoms with Crippen molar-refractivity contribution in [2.45, 2.75) is 38.5 Å². The minimum Gasteiger partial charge on any atom is -0.356 e. The number of nitrogens with two attached hydrogens (primary N) is 1. The van der Waals surface area contributed by atoms with Gasteiger partial charge in [-0.05, 0) is 43.7 Å². The van der Waals surface area contributed by atoms with E-state index < -0.39 is 0 Å². The Morgan fingerprint density at radius 2 is 2.18 bits per heavy atom. The van der Waals surface area contributed by atoms with Crippen LogP contribution < -0.4 is 11.1 Å². The van der Waals surface area contributed by atoms with Crippen molar-refractivity contribution in [3.8, 4) is 0 Å². The van der Waals surface area contributed by atoms with Gasteiger partial charge in [-0.2, -0.15) is 0 Å². The molecule has 1 amide bonds. The van der Waals surface area contributed by atoms with Crippen LogP contribution in [0.25, 0.3) is 0 Å². The zero-order chi connectivity index (χ0) is 12.3. The molecule has 0 spiro atoms. The number of carbonyl (C=O) groups excluding carboxylic acids is 1. The molecule has 17 heavy (non-hydrogen) atoms. The van der Waals surface area contributed by atoms with E-state index in [4.69, 9.17) is 5.73 Å². The molecule has 0 aliphatic rings. The van der Waals surface area contributed by atoms with E-state index in [0.717, 1.165) is 25.7 Å². The number of hydrogen-bond donors (Lipinski definition) is 2. The lowest BCUT2D eigenvalue weighted by Crippen LogP contribution is -2.25. The van der Waals surface area contributed by atoms with Crippen molar-refractivity contribution in [2.24, 2.45) is 5.73 Å². The summed E-state index contributed by atoms with van der Waals surface area (Å²) in [6, 6.07) is 4.26. The lowest BCUT2D eigenvalue weighted by atomic mass is 10.1. The summed E-state index contributed by atoms with van der Waals surface area (Å²) in [6.45, 7) is 1.35. The van der Waals surface area contributed by atoms with Gasteiger partial charge in [0.2, 0.25) is 5.91 Å². The van der Waals surface area contributed by atoms with E-state index in [9.17, 15) is 4.79 Å². The summed E-state index contributed by atoms with van der Waals surface area (Å²) in [4.78, 5) is 12.8. The molecule has 3 N–H and O–H groups in total. The van der Waals surface area contributed by atoms with Gasteiger partial charge in [0.1, 0.15) is 0 Å². The second kappa shape index (κ2) is 9.19. The summed E-state index contributed by atoms with van der Waals surface area (Å²) < 4.78 is 0. The third kappa shape index (κ3) is 7.13. The molecule has 0 fully saturated rings. The second-order valence-electron chi connectivity index (χ2n) is 4.13. The maximum Gasteiger partial charge on any atom is 0.219 e. The predicted molar refractivity (Wildman–Crippen MR) is 73.2 cm³/mol. The SMILES string of the molecule is NCCCNC(=O)CCCCCc1cccs1. The molecule has 96 valence electrons. The molecule has 0 aromatic carbocycles. The number of rotatable bonds is 9. The van der Waals surface area contributed by atoms with Crippen LogP contribution in [0.3, 0.4) is 0 Å². The van der Waals surface area contributed by atoms with Crippen LogP contribution in [0, 0.1) is 0 Å². The largest absolute Gasteiger partial charge is 0.356 e. The van der Waals surface area contributed by atoms with E-state index in [1.807, 2.05) is 11.3 Å². The van der Waals surface area contributed by atoms with Crippen molar-refractivity contribution < 1.29 is 4.79 Å². The van der Waals surface area contributed by atoms with Crippen molar-refractivity contribution in [1.82, 2.24) is 5.32 Å². The van der Waals surface area contributed by atoms with Gasteiger partial charge >= 0.3 is 0 Å². The summed E-state index contributed by atoms with van der Waals surface area (Å²) in [5.41, 5.74) is 5.35. The van der Waals surface area contributed by atoms with Crippen LogP contribution in [0.1, 0.15) is 37.0 Å². The highest BCUT2D eigenvalue weighted by Gasteiger charge is 2.00. The van der Waals surface area contributed by atoms with Crippen LogP contribution in [0.15, 0.2) is 17.5 Å². The molecule has 1 aromatic heterocycles. The molecule has 1 rings (SSSR count). The molecule has 0 saturated carbocycles. The number of amides is 1. The van der Waals surface area contributed by atoms with E-state index in [-0.39, 0.29) is 5.91 Å². The maximum absolute atomic E-state index is 11.4. The monoisotopic (exact) mass is 254 g/mol. The molecule has 0 bridgehead atoms. The van der Waals surface area contributed by atoms with Gasteiger partial charge < -0.3 is 11.1 Å². The molecule has 0 atom stereocenters. The molecule has 3 nitrogen and oxygen atoms in total. The normalized spacial score (nSPS) is 10.4. The Morgan fingerprint density at radius 1 is 1.29 bits per heavy atom. The van der Waals surface area contributed by atoms with Crippen LogP contribution >= 0.6 is 11.3 Å². The number of carbonyl (C=O) groups is 1. The Labute approximate surface area is 107 Å². The van der Waals surface area contributed by atoms with Gasteiger partial charge in [-0.1, -0.05) is 12.5 Å². The van der Waals surface area contributed by atoms with Gasteiger partial charge in [-0.15, -0.1) is 11.3 Å². The lowest BCUT2D eigenvalue weighted by Gasteiger charge is -2.03. The second-order valence-corrected chi connectivity index (χ2v) is 5.16.